The van der Waals surface area contributed by atoms with Crippen LogP contribution in [0.4, 0.5) is 0 Å². The van der Waals surface area contributed by atoms with Crippen molar-refractivity contribution in [3.63, 3.8) is 0 Å². The number of hydrogen-bond acceptors (Lipinski definition) is 4. The standard InChI is InChI=1S/C11H17N3O2/c1-8-6-10(14-16-8)11(15)13-7-9-4-2-3-5-12-9/h6,9,12H,2-5,7H2,1H3,(H,13,15). The molecule has 1 aromatic heterocycles. The molecule has 1 saturated heterocycles. The van der Waals surface area contributed by atoms with E-state index >= 15 is 0 Å². The number of carbonyl (C=O) groups is 1. The number of hydrogen-bond donors (Lipinski definition) is 2. The Balaban J connectivity index is 1.79. The summed E-state index contributed by atoms with van der Waals surface area (Å²) in [4.78, 5) is 11.6. The van der Waals surface area contributed by atoms with Gasteiger partial charge in [-0.1, -0.05) is 11.6 Å². The van der Waals surface area contributed by atoms with E-state index in [1.165, 1.54) is 12.8 Å². The number of rotatable bonds is 3. The Hall–Kier alpha value is -1.36. The Bertz CT molecular complexity index is 356. The first-order chi connectivity index (χ1) is 7.75. The van der Waals surface area contributed by atoms with Crippen molar-refractivity contribution < 1.29 is 9.32 Å². The number of aromatic nitrogens is 1. The van der Waals surface area contributed by atoms with Gasteiger partial charge in [0.05, 0.1) is 0 Å². The summed E-state index contributed by atoms with van der Waals surface area (Å²) in [6.07, 6.45) is 3.58. The summed E-state index contributed by atoms with van der Waals surface area (Å²) in [7, 11) is 0. The van der Waals surface area contributed by atoms with E-state index in [1.54, 1.807) is 13.0 Å². The van der Waals surface area contributed by atoms with Crippen LogP contribution >= 0.6 is 0 Å². The maximum absolute atomic E-state index is 11.6. The number of amides is 1. The van der Waals surface area contributed by atoms with Crippen LogP contribution in [0.3, 0.4) is 0 Å². The van der Waals surface area contributed by atoms with Gasteiger partial charge < -0.3 is 15.2 Å². The summed E-state index contributed by atoms with van der Waals surface area (Å²) in [6, 6.07) is 2.04. The number of carbonyl (C=O) groups excluding carboxylic acids is 1. The largest absolute Gasteiger partial charge is 0.361 e. The fourth-order valence-corrected chi connectivity index (χ4v) is 1.88. The summed E-state index contributed by atoms with van der Waals surface area (Å²) < 4.78 is 4.85. The topological polar surface area (TPSA) is 67.2 Å². The molecule has 16 heavy (non-hydrogen) atoms. The maximum Gasteiger partial charge on any atom is 0.273 e. The predicted molar refractivity (Wildman–Crippen MR) is 59.2 cm³/mol. The Kier molecular flexibility index (Phi) is 3.56. The molecule has 0 aliphatic carbocycles. The van der Waals surface area contributed by atoms with Crippen molar-refractivity contribution in [1.82, 2.24) is 15.8 Å². The second-order valence-corrected chi connectivity index (χ2v) is 4.18. The fraction of sp³-hybridized carbons (Fsp3) is 0.636. The number of piperidine rings is 1. The summed E-state index contributed by atoms with van der Waals surface area (Å²) in [5, 5.41) is 9.90. The van der Waals surface area contributed by atoms with Crippen molar-refractivity contribution >= 4 is 5.91 Å². The van der Waals surface area contributed by atoms with E-state index in [2.05, 4.69) is 15.8 Å². The highest BCUT2D eigenvalue weighted by molar-refractivity contribution is 5.92. The van der Waals surface area contributed by atoms with Gasteiger partial charge in [0.25, 0.3) is 5.91 Å². The zero-order valence-corrected chi connectivity index (χ0v) is 9.45. The van der Waals surface area contributed by atoms with Crippen LogP contribution in [0.5, 0.6) is 0 Å². The molecule has 0 bridgehead atoms. The van der Waals surface area contributed by atoms with Crippen LogP contribution in [0.25, 0.3) is 0 Å². The molecule has 1 aliphatic rings. The minimum absolute atomic E-state index is 0.163. The Morgan fingerprint density at radius 3 is 3.19 bits per heavy atom. The molecule has 0 aromatic carbocycles. The van der Waals surface area contributed by atoms with E-state index in [1.807, 2.05) is 0 Å². The van der Waals surface area contributed by atoms with Gasteiger partial charge in [0.1, 0.15) is 5.76 Å². The number of nitrogens with one attached hydrogen (secondary N) is 2. The summed E-state index contributed by atoms with van der Waals surface area (Å²) in [5.74, 6) is 0.491. The highest BCUT2D eigenvalue weighted by Crippen LogP contribution is 2.06. The zero-order chi connectivity index (χ0) is 11.4. The van der Waals surface area contributed by atoms with E-state index in [0.29, 0.717) is 24.0 Å². The van der Waals surface area contributed by atoms with Crippen molar-refractivity contribution in [1.29, 1.82) is 0 Å². The number of nitrogens with zero attached hydrogens (tertiary/aromatic N) is 1. The minimum atomic E-state index is -0.163. The third-order valence-electron chi connectivity index (χ3n) is 2.78. The molecule has 5 heteroatoms. The smallest absolute Gasteiger partial charge is 0.273 e. The lowest BCUT2D eigenvalue weighted by molar-refractivity contribution is 0.0938. The lowest BCUT2D eigenvalue weighted by atomic mass is 10.1. The van der Waals surface area contributed by atoms with Gasteiger partial charge >= 0.3 is 0 Å². The fourth-order valence-electron chi connectivity index (χ4n) is 1.88. The average molecular weight is 223 g/mol. The van der Waals surface area contributed by atoms with Crippen LogP contribution in [0, 0.1) is 6.92 Å². The minimum Gasteiger partial charge on any atom is -0.361 e. The van der Waals surface area contributed by atoms with Crippen LogP contribution in [0.1, 0.15) is 35.5 Å². The molecule has 1 aliphatic heterocycles. The molecular weight excluding hydrogens is 206 g/mol. The summed E-state index contributed by atoms with van der Waals surface area (Å²) in [6.45, 7) is 3.47. The second-order valence-electron chi connectivity index (χ2n) is 4.18. The summed E-state index contributed by atoms with van der Waals surface area (Å²) >= 11 is 0. The molecule has 5 nitrogen and oxygen atoms in total. The van der Waals surface area contributed by atoms with Crippen molar-refractivity contribution in [2.45, 2.75) is 32.2 Å². The first-order valence-electron chi connectivity index (χ1n) is 5.70. The third-order valence-corrected chi connectivity index (χ3v) is 2.78. The van der Waals surface area contributed by atoms with E-state index in [0.717, 1.165) is 13.0 Å². The average Bonchev–Trinajstić information content (AvgIpc) is 2.74. The van der Waals surface area contributed by atoms with E-state index in [4.69, 9.17) is 4.52 Å². The van der Waals surface area contributed by atoms with Crippen molar-refractivity contribution in [3.05, 3.63) is 17.5 Å². The first kappa shape index (κ1) is 11.1. The monoisotopic (exact) mass is 223 g/mol. The van der Waals surface area contributed by atoms with Gasteiger partial charge in [-0.05, 0) is 26.3 Å². The first-order valence-corrected chi connectivity index (χ1v) is 5.70. The van der Waals surface area contributed by atoms with Gasteiger partial charge in [0, 0.05) is 18.7 Å². The Morgan fingerprint density at radius 2 is 2.56 bits per heavy atom. The highest BCUT2D eigenvalue weighted by atomic mass is 16.5. The SMILES string of the molecule is Cc1cc(C(=O)NCC2CCCCN2)no1. The normalized spacial score (nSPS) is 20.7. The molecule has 2 N–H and O–H groups in total. The molecule has 2 rings (SSSR count). The predicted octanol–water partition coefficient (Wildman–Crippen LogP) is 0.855. The van der Waals surface area contributed by atoms with Crippen LogP contribution in [-0.4, -0.2) is 30.2 Å². The molecule has 2 heterocycles. The molecule has 0 saturated carbocycles. The molecule has 1 fully saturated rings. The lowest BCUT2D eigenvalue weighted by Crippen LogP contribution is -2.43. The van der Waals surface area contributed by atoms with Gasteiger partial charge in [0.15, 0.2) is 5.69 Å². The maximum atomic E-state index is 11.6. The van der Waals surface area contributed by atoms with E-state index in [9.17, 15) is 4.79 Å². The van der Waals surface area contributed by atoms with Gasteiger partial charge in [-0.3, -0.25) is 4.79 Å². The van der Waals surface area contributed by atoms with Gasteiger partial charge in [-0.15, -0.1) is 0 Å². The Labute approximate surface area is 94.6 Å². The molecule has 1 atom stereocenters. The van der Waals surface area contributed by atoms with E-state index < -0.39 is 0 Å². The molecule has 0 radical (unpaired) electrons. The molecule has 1 amide bonds. The van der Waals surface area contributed by atoms with E-state index in [-0.39, 0.29) is 5.91 Å². The van der Waals surface area contributed by atoms with Gasteiger partial charge in [-0.2, -0.15) is 0 Å². The molecular formula is C11H17N3O2. The molecule has 1 unspecified atom stereocenters. The highest BCUT2D eigenvalue weighted by Gasteiger charge is 2.15. The van der Waals surface area contributed by atoms with Crippen LogP contribution in [0.15, 0.2) is 10.6 Å². The van der Waals surface area contributed by atoms with Gasteiger partial charge in [0.2, 0.25) is 0 Å². The lowest BCUT2D eigenvalue weighted by Gasteiger charge is -2.23. The third kappa shape index (κ3) is 2.82. The molecule has 1 aromatic rings. The van der Waals surface area contributed by atoms with Crippen molar-refractivity contribution in [2.75, 3.05) is 13.1 Å². The van der Waals surface area contributed by atoms with Crippen LogP contribution in [0.2, 0.25) is 0 Å². The quantitative estimate of drug-likeness (QED) is 0.797. The Morgan fingerprint density at radius 1 is 1.69 bits per heavy atom. The van der Waals surface area contributed by atoms with Crippen molar-refractivity contribution in [2.24, 2.45) is 0 Å². The molecule has 0 spiro atoms. The van der Waals surface area contributed by atoms with Crippen LogP contribution < -0.4 is 10.6 Å². The van der Waals surface area contributed by atoms with Crippen LogP contribution in [-0.2, 0) is 0 Å². The zero-order valence-electron chi connectivity index (χ0n) is 9.45. The summed E-state index contributed by atoms with van der Waals surface area (Å²) in [5.41, 5.74) is 0.355. The van der Waals surface area contributed by atoms with Crippen molar-refractivity contribution in [3.8, 4) is 0 Å². The molecule has 88 valence electrons. The van der Waals surface area contributed by atoms with Gasteiger partial charge in [-0.25, -0.2) is 0 Å². The second kappa shape index (κ2) is 5.12. The number of aryl methyl sites for hydroxylation is 1.